The van der Waals surface area contributed by atoms with Crippen molar-refractivity contribution in [2.75, 3.05) is 26.7 Å². The number of carbonyl (C=O) groups is 1. The van der Waals surface area contributed by atoms with Crippen LogP contribution in [0.1, 0.15) is 19.8 Å². The fourth-order valence-electron chi connectivity index (χ4n) is 1.80. The van der Waals surface area contributed by atoms with Gasteiger partial charge < -0.3 is 10.2 Å². The number of nitrogens with zero attached hydrogens (tertiary/aromatic N) is 1. The van der Waals surface area contributed by atoms with Crippen molar-refractivity contribution in [2.24, 2.45) is 11.8 Å². The molecule has 0 aromatic heterocycles. The van der Waals surface area contributed by atoms with Crippen LogP contribution in [0, 0.1) is 11.8 Å². The predicted molar refractivity (Wildman–Crippen MR) is 62.6 cm³/mol. The van der Waals surface area contributed by atoms with Crippen LogP contribution < -0.4 is 5.32 Å². The summed E-state index contributed by atoms with van der Waals surface area (Å²) >= 11 is 0. The average molecular weight is 210 g/mol. The van der Waals surface area contributed by atoms with E-state index >= 15 is 0 Å². The van der Waals surface area contributed by atoms with Gasteiger partial charge in [-0.2, -0.15) is 0 Å². The van der Waals surface area contributed by atoms with Gasteiger partial charge in [-0.3, -0.25) is 4.79 Å². The summed E-state index contributed by atoms with van der Waals surface area (Å²) in [4.78, 5) is 13.8. The van der Waals surface area contributed by atoms with Crippen LogP contribution in [-0.2, 0) is 4.79 Å². The molecule has 0 aliphatic carbocycles. The van der Waals surface area contributed by atoms with Gasteiger partial charge in [0.1, 0.15) is 0 Å². The van der Waals surface area contributed by atoms with E-state index < -0.39 is 0 Å². The summed E-state index contributed by atoms with van der Waals surface area (Å²) in [6, 6.07) is 0. The molecule has 3 nitrogen and oxygen atoms in total. The molecule has 1 heterocycles. The van der Waals surface area contributed by atoms with Gasteiger partial charge in [-0.25, -0.2) is 0 Å². The van der Waals surface area contributed by atoms with E-state index in [-0.39, 0.29) is 11.8 Å². The summed E-state index contributed by atoms with van der Waals surface area (Å²) in [6.45, 7) is 8.55. The van der Waals surface area contributed by atoms with Crippen molar-refractivity contribution in [1.82, 2.24) is 10.2 Å². The van der Waals surface area contributed by atoms with Crippen LogP contribution in [0.4, 0.5) is 0 Å². The molecule has 1 rings (SSSR count). The molecule has 86 valence electrons. The zero-order valence-electron chi connectivity index (χ0n) is 9.83. The van der Waals surface area contributed by atoms with E-state index in [1.807, 2.05) is 24.9 Å². The first-order valence-corrected chi connectivity index (χ1v) is 5.73. The molecule has 0 radical (unpaired) electrons. The van der Waals surface area contributed by atoms with Crippen molar-refractivity contribution in [3.63, 3.8) is 0 Å². The number of rotatable bonds is 6. The van der Waals surface area contributed by atoms with Gasteiger partial charge in [-0.1, -0.05) is 13.0 Å². The molecule has 0 saturated carbocycles. The first kappa shape index (κ1) is 12.2. The van der Waals surface area contributed by atoms with Crippen molar-refractivity contribution >= 4 is 5.91 Å². The number of carbonyl (C=O) groups excluding carboxylic acids is 1. The fourth-order valence-corrected chi connectivity index (χ4v) is 1.80. The Morgan fingerprint density at radius 1 is 1.67 bits per heavy atom. The lowest BCUT2D eigenvalue weighted by Gasteiger charge is -2.33. The lowest BCUT2D eigenvalue weighted by molar-refractivity contribution is -0.136. The van der Waals surface area contributed by atoms with Crippen molar-refractivity contribution < 1.29 is 4.79 Å². The van der Waals surface area contributed by atoms with Crippen molar-refractivity contribution in [1.29, 1.82) is 0 Å². The van der Waals surface area contributed by atoms with Crippen LogP contribution in [0.25, 0.3) is 0 Å². The predicted octanol–water partition coefficient (Wildman–Crippen LogP) is 1.27. The normalized spacial score (nSPS) is 18.0. The van der Waals surface area contributed by atoms with Gasteiger partial charge in [0, 0.05) is 19.5 Å². The van der Waals surface area contributed by atoms with Crippen molar-refractivity contribution in [3.8, 4) is 0 Å². The van der Waals surface area contributed by atoms with E-state index in [4.69, 9.17) is 0 Å². The van der Waals surface area contributed by atoms with E-state index in [1.54, 1.807) is 0 Å². The van der Waals surface area contributed by atoms with Gasteiger partial charge in [0.05, 0.1) is 0 Å². The number of hydrogen-bond acceptors (Lipinski definition) is 2. The second-order valence-electron chi connectivity index (χ2n) is 4.40. The largest absolute Gasteiger partial charge is 0.346 e. The van der Waals surface area contributed by atoms with Crippen LogP contribution in [0.5, 0.6) is 0 Å². The number of allylic oxidation sites excluding steroid dienone is 1. The van der Waals surface area contributed by atoms with Gasteiger partial charge >= 0.3 is 0 Å². The van der Waals surface area contributed by atoms with E-state index in [1.165, 1.54) is 0 Å². The third kappa shape index (κ3) is 3.34. The lowest BCUT2D eigenvalue weighted by atomic mass is 9.88. The molecule has 0 aromatic carbocycles. The molecule has 15 heavy (non-hydrogen) atoms. The summed E-state index contributed by atoms with van der Waals surface area (Å²) in [5, 5.41) is 3.20. The fraction of sp³-hybridized carbons (Fsp3) is 0.750. The maximum Gasteiger partial charge on any atom is 0.225 e. The topological polar surface area (TPSA) is 32.3 Å². The van der Waals surface area contributed by atoms with Crippen LogP contribution in [0.2, 0.25) is 0 Å². The second kappa shape index (κ2) is 5.91. The van der Waals surface area contributed by atoms with Crippen LogP contribution >= 0.6 is 0 Å². The highest BCUT2D eigenvalue weighted by molar-refractivity contribution is 5.78. The Balaban J connectivity index is 2.27. The summed E-state index contributed by atoms with van der Waals surface area (Å²) in [5.41, 5.74) is 0. The maximum atomic E-state index is 11.9. The van der Waals surface area contributed by atoms with Crippen LogP contribution in [0.3, 0.4) is 0 Å². The molecular formula is C12H22N2O. The minimum Gasteiger partial charge on any atom is -0.346 e. The van der Waals surface area contributed by atoms with Crippen molar-refractivity contribution in [3.05, 3.63) is 12.7 Å². The molecule has 1 fully saturated rings. The minimum absolute atomic E-state index is 0.167. The molecule has 1 atom stereocenters. The molecule has 1 aliphatic heterocycles. The highest BCUT2D eigenvalue weighted by Crippen LogP contribution is 2.18. The number of hydrogen-bond donors (Lipinski definition) is 1. The van der Waals surface area contributed by atoms with Gasteiger partial charge in [0.2, 0.25) is 5.91 Å². The van der Waals surface area contributed by atoms with Gasteiger partial charge in [0.25, 0.3) is 0 Å². The first-order chi connectivity index (χ1) is 7.16. The molecule has 3 heteroatoms. The van der Waals surface area contributed by atoms with Crippen LogP contribution in [0.15, 0.2) is 12.7 Å². The Bertz CT molecular complexity index is 224. The smallest absolute Gasteiger partial charge is 0.225 e. The summed E-state index contributed by atoms with van der Waals surface area (Å²) in [5.74, 6) is 0.991. The molecule has 0 bridgehead atoms. The number of amides is 1. The zero-order valence-corrected chi connectivity index (χ0v) is 9.83. The average Bonchev–Trinajstić information content (AvgIpc) is 2.14. The van der Waals surface area contributed by atoms with Crippen molar-refractivity contribution in [2.45, 2.75) is 19.8 Å². The lowest BCUT2D eigenvalue weighted by Crippen LogP contribution is -2.50. The Morgan fingerprint density at radius 3 is 2.80 bits per heavy atom. The third-order valence-electron chi connectivity index (χ3n) is 3.19. The molecular weight excluding hydrogens is 188 g/mol. The molecule has 1 N–H and O–H groups in total. The third-order valence-corrected chi connectivity index (χ3v) is 3.19. The molecule has 0 spiro atoms. The molecule has 1 amide bonds. The van der Waals surface area contributed by atoms with E-state index in [9.17, 15) is 4.79 Å². The number of nitrogens with one attached hydrogen (secondary N) is 1. The molecule has 1 aliphatic rings. The Hall–Kier alpha value is -0.830. The Labute approximate surface area is 92.5 Å². The zero-order chi connectivity index (χ0) is 11.3. The number of unbranched alkanes of at least 4 members (excludes halogenated alkanes) is 1. The highest BCUT2D eigenvalue weighted by atomic mass is 16.2. The highest BCUT2D eigenvalue weighted by Gasteiger charge is 2.30. The van der Waals surface area contributed by atoms with Gasteiger partial charge in [-0.05, 0) is 31.8 Å². The maximum absolute atomic E-state index is 11.9. The SMILES string of the molecule is C=CCCCN(C)C(=O)C(C)C1CNC1. The van der Waals surface area contributed by atoms with Gasteiger partial charge in [0.15, 0.2) is 0 Å². The molecule has 1 saturated heterocycles. The molecule has 0 aromatic rings. The van der Waals surface area contributed by atoms with E-state index in [2.05, 4.69) is 11.9 Å². The Kier molecular flexibility index (Phi) is 4.82. The van der Waals surface area contributed by atoms with Gasteiger partial charge in [-0.15, -0.1) is 6.58 Å². The minimum atomic E-state index is 0.167. The Morgan fingerprint density at radius 2 is 2.33 bits per heavy atom. The quantitative estimate of drug-likeness (QED) is 0.529. The molecule has 1 unspecified atom stereocenters. The monoisotopic (exact) mass is 210 g/mol. The van der Waals surface area contributed by atoms with E-state index in [0.29, 0.717) is 5.92 Å². The summed E-state index contributed by atoms with van der Waals surface area (Å²) < 4.78 is 0. The standard InChI is InChI=1S/C12H22N2O/c1-4-5-6-7-14(3)12(15)10(2)11-8-13-9-11/h4,10-11,13H,1,5-9H2,2-3H3. The summed E-state index contributed by atoms with van der Waals surface area (Å²) in [7, 11) is 1.90. The van der Waals surface area contributed by atoms with Crippen LogP contribution in [-0.4, -0.2) is 37.5 Å². The second-order valence-corrected chi connectivity index (χ2v) is 4.40. The summed E-state index contributed by atoms with van der Waals surface area (Å²) in [6.07, 6.45) is 3.90. The van der Waals surface area contributed by atoms with E-state index in [0.717, 1.165) is 32.5 Å². The first-order valence-electron chi connectivity index (χ1n) is 5.73.